The van der Waals surface area contributed by atoms with Gasteiger partial charge in [0.05, 0.1) is 5.69 Å². The summed E-state index contributed by atoms with van der Waals surface area (Å²) in [7, 11) is 1.82. The zero-order chi connectivity index (χ0) is 13.0. The van der Waals surface area contributed by atoms with Crippen molar-refractivity contribution in [2.45, 2.75) is 13.8 Å². The van der Waals surface area contributed by atoms with Gasteiger partial charge in [-0.2, -0.15) is 5.10 Å². The smallest absolute Gasteiger partial charge is 0.331 e. The minimum absolute atomic E-state index is 0.409. The van der Waals surface area contributed by atoms with E-state index in [9.17, 15) is 9.59 Å². The average molecular weight is 237 g/mol. The van der Waals surface area contributed by atoms with Gasteiger partial charge in [-0.25, -0.2) is 4.79 Å². The van der Waals surface area contributed by atoms with Gasteiger partial charge in [0.25, 0.3) is 5.91 Å². The van der Waals surface area contributed by atoms with Crippen LogP contribution < -0.4 is 5.73 Å². The Morgan fingerprint density at radius 3 is 2.59 bits per heavy atom. The molecular weight excluding hydrogens is 222 g/mol. The van der Waals surface area contributed by atoms with Crippen molar-refractivity contribution < 1.29 is 14.3 Å². The Hall–Kier alpha value is -2.11. The molecule has 0 saturated heterocycles. The van der Waals surface area contributed by atoms with Crippen LogP contribution in [0.15, 0.2) is 6.08 Å². The predicted molar refractivity (Wildman–Crippen MR) is 61.9 cm³/mol. The average Bonchev–Trinajstić information content (AvgIpc) is 2.48. The molecule has 1 aromatic heterocycles. The molecule has 92 valence electrons. The monoisotopic (exact) mass is 237 g/mol. The third-order valence-corrected chi connectivity index (χ3v) is 2.31. The van der Waals surface area contributed by atoms with Crippen LogP contribution >= 0.6 is 0 Å². The first-order chi connectivity index (χ1) is 7.91. The maximum Gasteiger partial charge on any atom is 0.331 e. The minimum atomic E-state index is -0.680. The van der Waals surface area contributed by atoms with E-state index in [-0.39, 0.29) is 0 Å². The highest BCUT2D eigenvalue weighted by molar-refractivity contribution is 5.89. The number of carbonyl (C=O) groups excluding carboxylic acids is 2. The second kappa shape index (κ2) is 5.29. The summed E-state index contributed by atoms with van der Waals surface area (Å²) in [5, 5.41) is 4.20. The number of aromatic nitrogens is 2. The number of aryl methyl sites for hydroxylation is 2. The zero-order valence-corrected chi connectivity index (χ0v) is 10.1. The molecule has 0 bridgehead atoms. The fourth-order valence-corrected chi connectivity index (χ4v) is 1.37. The number of carbonyl (C=O) groups is 2. The number of hydrogen-bond acceptors (Lipinski definition) is 4. The van der Waals surface area contributed by atoms with E-state index in [1.807, 2.05) is 20.9 Å². The first kappa shape index (κ1) is 13.0. The van der Waals surface area contributed by atoms with Crippen LogP contribution in [0.3, 0.4) is 0 Å². The molecule has 0 spiro atoms. The molecule has 0 aliphatic carbocycles. The molecular formula is C11H15N3O3. The molecule has 2 N–H and O–H groups in total. The lowest BCUT2D eigenvalue weighted by Crippen LogP contribution is -2.19. The largest absolute Gasteiger partial charge is 0.452 e. The van der Waals surface area contributed by atoms with E-state index < -0.39 is 18.5 Å². The van der Waals surface area contributed by atoms with Gasteiger partial charge in [0.1, 0.15) is 0 Å². The highest BCUT2D eigenvalue weighted by atomic mass is 16.5. The summed E-state index contributed by atoms with van der Waals surface area (Å²) in [6.45, 7) is 3.34. The van der Waals surface area contributed by atoms with Gasteiger partial charge in [-0.15, -0.1) is 0 Å². The Bertz CT molecular complexity index is 475. The maximum absolute atomic E-state index is 11.2. The Balaban J connectivity index is 2.70. The molecule has 1 heterocycles. The number of ether oxygens (including phenoxy) is 1. The lowest BCUT2D eigenvalue weighted by Gasteiger charge is -1.97. The summed E-state index contributed by atoms with van der Waals surface area (Å²) in [4.78, 5) is 21.6. The number of primary amides is 1. The standard InChI is InChI=1S/C11H15N3O3/c1-7-9(8(2)14(3)13-7)4-5-11(16)17-6-10(12)15/h4-5H,6H2,1-3H3,(H2,12,15). The molecule has 0 aliphatic rings. The van der Waals surface area contributed by atoms with Gasteiger partial charge in [-0.1, -0.05) is 0 Å². The van der Waals surface area contributed by atoms with Crippen molar-refractivity contribution in [3.63, 3.8) is 0 Å². The van der Waals surface area contributed by atoms with Gasteiger partial charge in [0.2, 0.25) is 0 Å². The topological polar surface area (TPSA) is 87.2 Å². The summed E-state index contributed by atoms with van der Waals surface area (Å²) in [5.74, 6) is -1.29. The van der Waals surface area contributed by atoms with Crippen LogP contribution in [0.25, 0.3) is 6.08 Å². The van der Waals surface area contributed by atoms with Gasteiger partial charge in [0, 0.05) is 24.4 Å². The van der Waals surface area contributed by atoms with E-state index >= 15 is 0 Å². The van der Waals surface area contributed by atoms with Gasteiger partial charge in [0.15, 0.2) is 6.61 Å². The van der Waals surface area contributed by atoms with Crippen LogP contribution in [-0.4, -0.2) is 28.3 Å². The van der Waals surface area contributed by atoms with E-state index in [2.05, 4.69) is 9.84 Å². The fourth-order valence-electron chi connectivity index (χ4n) is 1.37. The third kappa shape index (κ3) is 3.44. The van der Waals surface area contributed by atoms with Crippen LogP contribution in [0.2, 0.25) is 0 Å². The van der Waals surface area contributed by atoms with E-state index in [1.54, 1.807) is 10.8 Å². The van der Waals surface area contributed by atoms with Crippen LogP contribution in [0, 0.1) is 13.8 Å². The summed E-state index contributed by atoms with van der Waals surface area (Å²) in [6, 6.07) is 0. The number of nitrogens with zero attached hydrogens (tertiary/aromatic N) is 2. The van der Waals surface area contributed by atoms with Gasteiger partial charge >= 0.3 is 5.97 Å². The second-order valence-electron chi connectivity index (χ2n) is 3.62. The zero-order valence-electron chi connectivity index (χ0n) is 10.1. The molecule has 0 unspecified atom stereocenters. The lowest BCUT2D eigenvalue weighted by atomic mass is 10.2. The third-order valence-electron chi connectivity index (χ3n) is 2.31. The summed E-state index contributed by atoms with van der Waals surface area (Å²) in [6.07, 6.45) is 2.86. The molecule has 6 nitrogen and oxygen atoms in total. The minimum Gasteiger partial charge on any atom is -0.452 e. The van der Waals surface area contributed by atoms with Crippen molar-refractivity contribution in [2.24, 2.45) is 12.8 Å². The molecule has 0 aromatic carbocycles. The van der Waals surface area contributed by atoms with Crippen LogP contribution in [0.5, 0.6) is 0 Å². The first-order valence-corrected chi connectivity index (χ1v) is 5.05. The van der Waals surface area contributed by atoms with Gasteiger partial charge < -0.3 is 10.5 Å². The van der Waals surface area contributed by atoms with Crippen LogP contribution in [0.4, 0.5) is 0 Å². The van der Waals surface area contributed by atoms with Crippen molar-refractivity contribution in [3.8, 4) is 0 Å². The number of rotatable bonds is 4. The summed E-state index contributed by atoms with van der Waals surface area (Å²) >= 11 is 0. The molecule has 0 radical (unpaired) electrons. The molecule has 0 fully saturated rings. The molecule has 17 heavy (non-hydrogen) atoms. The second-order valence-corrected chi connectivity index (χ2v) is 3.62. The first-order valence-electron chi connectivity index (χ1n) is 5.05. The van der Waals surface area contributed by atoms with Gasteiger partial charge in [-0.05, 0) is 19.9 Å². The van der Waals surface area contributed by atoms with E-state index in [0.29, 0.717) is 0 Å². The van der Waals surface area contributed by atoms with Crippen LogP contribution in [0.1, 0.15) is 17.0 Å². The molecule has 1 rings (SSSR count). The molecule has 6 heteroatoms. The van der Waals surface area contributed by atoms with E-state index in [1.165, 1.54) is 6.08 Å². The quantitative estimate of drug-likeness (QED) is 0.593. The molecule has 0 saturated carbocycles. The SMILES string of the molecule is Cc1nn(C)c(C)c1C=CC(=O)OCC(N)=O. The number of hydrogen-bond donors (Lipinski definition) is 1. The summed E-state index contributed by atoms with van der Waals surface area (Å²) < 4.78 is 6.31. The predicted octanol–water partition coefficient (Wildman–Crippen LogP) is 0.0786. The highest BCUT2D eigenvalue weighted by Gasteiger charge is 2.07. The van der Waals surface area contributed by atoms with Crippen molar-refractivity contribution in [1.29, 1.82) is 0 Å². The van der Waals surface area contributed by atoms with Crippen molar-refractivity contribution in [3.05, 3.63) is 23.0 Å². The van der Waals surface area contributed by atoms with Gasteiger partial charge in [-0.3, -0.25) is 9.48 Å². The maximum atomic E-state index is 11.2. The fraction of sp³-hybridized carbons (Fsp3) is 0.364. The lowest BCUT2D eigenvalue weighted by molar-refractivity contribution is -0.142. The van der Waals surface area contributed by atoms with E-state index in [4.69, 9.17) is 5.73 Å². The summed E-state index contributed by atoms with van der Waals surface area (Å²) in [5.41, 5.74) is 7.48. The Kier molecular flexibility index (Phi) is 4.03. The van der Waals surface area contributed by atoms with Crippen molar-refractivity contribution >= 4 is 18.0 Å². The molecule has 0 aliphatic heterocycles. The number of amides is 1. The highest BCUT2D eigenvalue weighted by Crippen LogP contribution is 2.13. The van der Waals surface area contributed by atoms with E-state index in [0.717, 1.165) is 17.0 Å². The molecule has 0 atom stereocenters. The normalized spacial score (nSPS) is 10.8. The van der Waals surface area contributed by atoms with Crippen molar-refractivity contribution in [2.75, 3.05) is 6.61 Å². The molecule has 1 aromatic rings. The Morgan fingerprint density at radius 2 is 2.12 bits per heavy atom. The Labute approximate surface area is 99.0 Å². The molecule has 1 amide bonds. The number of nitrogens with two attached hydrogens (primary N) is 1. The van der Waals surface area contributed by atoms with Crippen LogP contribution in [-0.2, 0) is 21.4 Å². The Morgan fingerprint density at radius 1 is 1.47 bits per heavy atom. The number of esters is 1. The van der Waals surface area contributed by atoms with Crippen molar-refractivity contribution in [1.82, 2.24) is 9.78 Å².